The highest BCUT2D eigenvalue weighted by Crippen LogP contribution is 2.20. The zero-order valence-corrected chi connectivity index (χ0v) is 5.85. The predicted octanol–water partition coefficient (Wildman–Crippen LogP) is 0.591. The topological polar surface area (TPSA) is 67.6 Å². The number of nitrogen functional groups attached to an aromatic ring is 1. The molecule has 3 N–H and O–H groups in total. The van der Waals surface area contributed by atoms with E-state index >= 15 is 0 Å². The Bertz CT molecular complexity index is 224. The summed E-state index contributed by atoms with van der Waals surface area (Å²) in [6.07, 6.45) is 0. The van der Waals surface area contributed by atoms with Crippen molar-refractivity contribution in [2.75, 3.05) is 5.73 Å². The Morgan fingerprint density at radius 2 is 2.20 bits per heavy atom. The SMILES string of the molecule is CC(C)(F)c1nc(N)n[nH]1. The van der Waals surface area contributed by atoms with Gasteiger partial charge in [-0.1, -0.05) is 0 Å². The summed E-state index contributed by atoms with van der Waals surface area (Å²) in [5, 5.41) is 5.87. The molecule has 0 aromatic carbocycles. The van der Waals surface area contributed by atoms with Gasteiger partial charge in [-0.25, -0.2) is 4.39 Å². The molecule has 10 heavy (non-hydrogen) atoms. The average Bonchev–Trinajstić information content (AvgIpc) is 2.11. The molecule has 0 atom stereocenters. The van der Waals surface area contributed by atoms with Gasteiger partial charge in [0.25, 0.3) is 0 Å². The van der Waals surface area contributed by atoms with Crippen molar-refractivity contribution in [3.63, 3.8) is 0 Å². The molecular formula is C5H9FN4. The summed E-state index contributed by atoms with van der Waals surface area (Å²) in [7, 11) is 0. The first-order valence-electron chi connectivity index (χ1n) is 2.87. The molecule has 0 saturated heterocycles. The van der Waals surface area contributed by atoms with Crippen LogP contribution in [0.15, 0.2) is 0 Å². The summed E-state index contributed by atoms with van der Waals surface area (Å²) in [5.41, 5.74) is 3.66. The van der Waals surface area contributed by atoms with Crippen molar-refractivity contribution in [1.29, 1.82) is 0 Å². The highest BCUT2D eigenvalue weighted by Gasteiger charge is 2.22. The number of hydrogen-bond acceptors (Lipinski definition) is 3. The van der Waals surface area contributed by atoms with Crippen molar-refractivity contribution in [2.45, 2.75) is 19.5 Å². The summed E-state index contributed by atoms with van der Waals surface area (Å²) in [6, 6.07) is 0. The zero-order valence-electron chi connectivity index (χ0n) is 5.85. The van der Waals surface area contributed by atoms with Crippen molar-refractivity contribution in [2.24, 2.45) is 0 Å². The minimum Gasteiger partial charge on any atom is -0.367 e. The molecule has 0 unspecified atom stereocenters. The van der Waals surface area contributed by atoms with E-state index in [-0.39, 0.29) is 11.8 Å². The second kappa shape index (κ2) is 1.93. The van der Waals surface area contributed by atoms with E-state index in [0.29, 0.717) is 0 Å². The van der Waals surface area contributed by atoms with Crippen LogP contribution in [0.4, 0.5) is 10.3 Å². The number of halogens is 1. The van der Waals surface area contributed by atoms with Gasteiger partial charge >= 0.3 is 0 Å². The molecule has 1 aromatic heterocycles. The molecule has 4 nitrogen and oxygen atoms in total. The van der Waals surface area contributed by atoms with Gasteiger partial charge in [0.15, 0.2) is 11.5 Å². The normalized spacial score (nSPS) is 11.9. The highest BCUT2D eigenvalue weighted by molar-refractivity contribution is 5.14. The van der Waals surface area contributed by atoms with Gasteiger partial charge < -0.3 is 5.73 Å². The fraction of sp³-hybridized carbons (Fsp3) is 0.600. The minimum atomic E-state index is -1.50. The number of rotatable bonds is 1. The molecule has 1 rings (SSSR count). The van der Waals surface area contributed by atoms with Gasteiger partial charge in [-0.2, -0.15) is 4.98 Å². The standard InChI is InChI=1S/C5H9FN4/c1-5(2,6)3-8-4(7)10-9-3/h1-2H3,(H3,7,8,9,10). The fourth-order valence-corrected chi connectivity index (χ4v) is 0.541. The van der Waals surface area contributed by atoms with Crippen molar-refractivity contribution >= 4 is 5.95 Å². The van der Waals surface area contributed by atoms with Crippen molar-refractivity contribution in [3.8, 4) is 0 Å². The number of aromatic nitrogens is 3. The minimum absolute atomic E-state index is 0.0701. The number of aromatic amines is 1. The number of nitrogens with one attached hydrogen (secondary N) is 1. The third-order valence-corrected chi connectivity index (χ3v) is 1.07. The second-order valence-corrected chi connectivity index (χ2v) is 2.51. The number of H-pyrrole nitrogens is 1. The maximum atomic E-state index is 12.9. The number of alkyl halides is 1. The van der Waals surface area contributed by atoms with Gasteiger partial charge in [-0.05, 0) is 13.8 Å². The number of nitrogens with two attached hydrogens (primary N) is 1. The maximum Gasteiger partial charge on any atom is 0.239 e. The average molecular weight is 144 g/mol. The molecular weight excluding hydrogens is 135 g/mol. The molecule has 1 aromatic rings. The maximum absolute atomic E-state index is 12.9. The third kappa shape index (κ3) is 1.23. The van der Waals surface area contributed by atoms with Gasteiger partial charge in [-0.3, -0.25) is 5.10 Å². The van der Waals surface area contributed by atoms with Gasteiger partial charge in [-0.15, -0.1) is 5.10 Å². The van der Waals surface area contributed by atoms with Crippen LogP contribution in [0.25, 0.3) is 0 Å². The van der Waals surface area contributed by atoms with Crippen molar-refractivity contribution < 1.29 is 4.39 Å². The Morgan fingerprint density at radius 3 is 2.40 bits per heavy atom. The lowest BCUT2D eigenvalue weighted by Gasteiger charge is -2.07. The molecule has 0 aliphatic carbocycles. The summed E-state index contributed by atoms with van der Waals surface area (Å²) in [6.45, 7) is 2.76. The largest absolute Gasteiger partial charge is 0.367 e. The van der Waals surface area contributed by atoms with Crippen LogP contribution in [-0.4, -0.2) is 15.2 Å². The van der Waals surface area contributed by atoms with Crippen molar-refractivity contribution in [1.82, 2.24) is 15.2 Å². The van der Waals surface area contributed by atoms with Crippen LogP contribution in [0.2, 0.25) is 0 Å². The summed E-state index contributed by atoms with van der Waals surface area (Å²) in [5.74, 6) is 0.228. The number of hydrogen-bond donors (Lipinski definition) is 2. The lowest BCUT2D eigenvalue weighted by atomic mass is 10.2. The van der Waals surface area contributed by atoms with Crippen LogP contribution in [0, 0.1) is 0 Å². The van der Waals surface area contributed by atoms with E-state index in [0.717, 1.165) is 0 Å². The first-order chi connectivity index (χ1) is 4.50. The van der Waals surface area contributed by atoms with Crippen LogP contribution < -0.4 is 5.73 Å². The van der Waals surface area contributed by atoms with Gasteiger partial charge in [0, 0.05) is 0 Å². The predicted molar refractivity (Wildman–Crippen MR) is 34.9 cm³/mol. The highest BCUT2D eigenvalue weighted by atomic mass is 19.1. The fourth-order valence-electron chi connectivity index (χ4n) is 0.541. The van der Waals surface area contributed by atoms with Gasteiger partial charge in [0.2, 0.25) is 5.95 Å². The van der Waals surface area contributed by atoms with Crippen LogP contribution in [-0.2, 0) is 5.67 Å². The first kappa shape index (κ1) is 6.98. The lowest BCUT2D eigenvalue weighted by Crippen LogP contribution is -2.11. The zero-order chi connectivity index (χ0) is 7.78. The molecule has 0 amide bonds. The van der Waals surface area contributed by atoms with E-state index in [1.165, 1.54) is 13.8 Å². The Kier molecular flexibility index (Phi) is 1.35. The molecule has 5 heteroatoms. The molecule has 1 heterocycles. The number of anilines is 1. The summed E-state index contributed by atoms with van der Waals surface area (Å²) < 4.78 is 12.9. The Hall–Kier alpha value is -1.13. The van der Waals surface area contributed by atoms with E-state index in [4.69, 9.17) is 5.73 Å². The Labute approximate surface area is 57.6 Å². The molecule has 56 valence electrons. The smallest absolute Gasteiger partial charge is 0.239 e. The van der Waals surface area contributed by atoms with Crippen LogP contribution in [0.5, 0.6) is 0 Å². The lowest BCUT2D eigenvalue weighted by molar-refractivity contribution is 0.207. The van der Waals surface area contributed by atoms with Crippen LogP contribution in [0.3, 0.4) is 0 Å². The van der Waals surface area contributed by atoms with Gasteiger partial charge in [0.05, 0.1) is 0 Å². The van der Waals surface area contributed by atoms with Gasteiger partial charge in [0.1, 0.15) is 0 Å². The molecule has 0 fully saturated rings. The summed E-state index contributed by atoms with van der Waals surface area (Å²) in [4.78, 5) is 3.62. The molecule has 0 spiro atoms. The Balaban J connectivity index is 2.96. The molecule has 0 radical (unpaired) electrons. The third-order valence-electron chi connectivity index (χ3n) is 1.07. The van der Waals surface area contributed by atoms with E-state index < -0.39 is 5.67 Å². The van der Waals surface area contributed by atoms with E-state index in [1.807, 2.05) is 0 Å². The van der Waals surface area contributed by atoms with E-state index in [2.05, 4.69) is 15.2 Å². The first-order valence-corrected chi connectivity index (χ1v) is 2.87. The molecule has 0 saturated carbocycles. The van der Waals surface area contributed by atoms with E-state index in [1.54, 1.807) is 0 Å². The monoisotopic (exact) mass is 144 g/mol. The van der Waals surface area contributed by atoms with E-state index in [9.17, 15) is 4.39 Å². The molecule has 0 aliphatic heterocycles. The second-order valence-electron chi connectivity index (χ2n) is 2.51. The van der Waals surface area contributed by atoms with Crippen molar-refractivity contribution in [3.05, 3.63) is 5.82 Å². The molecule has 0 bridgehead atoms. The quantitative estimate of drug-likeness (QED) is 0.606. The molecule has 0 aliphatic rings. The summed E-state index contributed by atoms with van der Waals surface area (Å²) >= 11 is 0. The van der Waals surface area contributed by atoms with Crippen LogP contribution >= 0.6 is 0 Å². The Morgan fingerprint density at radius 1 is 1.60 bits per heavy atom. The van der Waals surface area contributed by atoms with Crippen LogP contribution in [0.1, 0.15) is 19.7 Å². The number of nitrogens with zero attached hydrogens (tertiary/aromatic N) is 2.